The third-order valence-electron chi connectivity index (χ3n) is 3.26. The summed E-state index contributed by atoms with van der Waals surface area (Å²) in [4.78, 5) is 9.12. The van der Waals surface area contributed by atoms with Crippen LogP contribution < -0.4 is 5.73 Å². The van der Waals surface area contributed by atoms with Crippen LogP contribution in [-0.2, 0) is 6.42 Å². The van der Waals surface area contributed by atoms with E-state index < -0.39 is 0 Å². The molecule has 1 unspecified atom stereocenters. The molecular weight excluding hydrogens is 230 g/mol. The molecule has 4 heteroatoms. The number of fused-ring (bicyclic) bond motifs is 1. The molecule has 0 bridgehead atoms. The van der Waals surface area contributed by atoms with Crippen molar-refractivity contribution in [3.8, 4) is 11.4 Å². The highest BCUT2D eigenvalue weighted by Crippen LogP contribution is 2.27. The molecule has 0 radical (unpaired) electrons. The zero-order valence-electron chi connectivity index (χ0n) is 9.60. The van der Waals surface area contributed by atoms with Crippen LogP contribution in [0, 0.1) is 0 Å². The van der Waals surface area contributed by atoms with Gasteiger partial charge in [-0.2, -0.15) is 11.3 Å². The molecule has 2 heterocycles. The minimum atomic E-state index is 0.115. The van der Waals surface area contributed by atoms with E-state index in [1.807, 2.05) is 6.20 Å². The van der Waals surface area contributed by atoms with Crippen molar-refractivity contribution in [1.82, 2.24) is 9.97 Å². The van der Waals surface area contributed by atoms with Crippen LogP contribution in [0.1, 0.15) is 36.6 Å². The van der Waals surface area contributed by atoms with E-state index in [9.17, 15) is 0 Å². The molecule has 0 amide bonds. The van der Waals surface area contributed by atoms with E-state index in [4.69, 9.17) is 5.73 Å². The maximum absolute atomic E-state index is 6.14. The van der Waals surface area contributed by atoms with Gasteiger partial charge in [-0.1, -0.05) is 6.42 Å². The Hall–Kier alpha value is -1.26. The van der Waals surface area contributed by atoms with E-state index >= 15 is 0 Å². The smallest absolute Gasteiger partial charge is 0.160 e. The first-order valence-corrected chi connectivity index (χ1v) is 6.93. The Labute approximate surface area is 105 Å². The van der Waals surface area contributed by atoms with Crippen molar-refractivity contribution < 1.29 is 0 Å². The molecule has 0 fully saturated rings. The van der Waals surface area contributed by atoms with E-state index in [1.54, 1.807) is 11.3 Å². The largest absolute Gasteiger partial charge is 0.324 e. The highest BCUT2D eigenvalue weighted by atomic mass is 32.1. The minimum absolute atomic E-state index is 0.115. The zero-order chi connectivity index (χ0) is 11.7. The van der Waals surface area contributed by atoms with Crippen LogP contribution in [0.2, 0.25) is 0 Å². The number of nitrogens with two attached hydrogens (primary N) is 1. The molecule has 1 aliphatic rings. The van der Waals surface area contributed by atoms with Crippen LogP contribution in [0.3, 0.4) is 0 Å². The van der Waals surface area contributed by atoms with E-state index in [-0.39, 0.29) is 6.04 Å². The summed E-state index contributed by atoms with van der Waals surface area (Å²) in [6, 6.07) is 2.17. The first-order chi connectivity index (χ1) is 8.34. The molecule has 2 aromatic heterocycles. The zero-order valence-corrected chi connectivity index (χ0v) is 10.4. The molecule has 88 valence electrons. The second-order valence-corrected chi connectivity index (χ2v) is 5.24. The molecule has 2 aromatic rings. The van der Waals surface area contributed by atoms with Crippen LogP contribution in [-0.4, -0.2) is 9.97 Å². The maximum atomic E-state index is 6.14. The SMILES string of the molecule is NC1CCCCc2nc(-c3ccsc3)ncc21. The van der Waals surface area contributed by atoms with Crippen molar-refractivity contribution in [3.63, 3.8) is 0 Å². The van der Waals surface area contributed by atoms with Gasteiger partial charge in [0.2, 0.25) is 0 Å². The molecule has 0 aromatic carbocycles. The monoisotopic (exact) mass is 245 g/mol. The van der Waals surface area contributed by atoms with Gasteiger partial charge < -0.3 is 5.73 Å². The number of rotatable bonds is 1. The number of thiophene rings is 1. The Morgan fingerprint density at radius 3 is 3.12 bits per heavy atom. The van der Waals surface area contributed by atoms with Crippen LogP contribution in [0.4, 0.5) is 0 Å². The fourth-order valence-corrected chi connectivity index (χ4v) is 2.91. The molecule has 3 nitrogen and oxygen atoms in total. The van der Waals surface area contributed by atoms with Crippen molar-refractivity contribution in [2.75, 3.05) is 0 Å². The quantitative estimate of drug-likeness (QED) is 0.786. The number of hydrogen-bond donors (Lipinski definition) is 1. The average molecular weight is 245 g/mol. The van der Waals surface area contributed by atoms with Gasteiger partial charge in [-0.3, -0.25) is 0 Å². The fourth-order valence-electron chi connectivity index (χ4n) is 2.28. The standard InChI is InChI=1S/C13H15N3S/c14-11-3-1-2-4-12-10(11)7-15-13(16-12)9-5-6-17-8-9/h5-8,11H,1-4,14H2. The van der Waals surface area contributed by atoms with Crippen molar-refractivity contribution >= 4 is 11.3 Å². The van der Waals surface area contributed by atoms with Gasteiger partial charge in [0.15, 0.2) is 5.82 Å². The predicted molar refractivity (Wildman–Crippen MR) is 69.8 cm³/mol. The van der Waals surface area contributed by atoms with Gasteiger partial charge in [-0.05, 0) is 30.7 Å². The van der Waals surface area contributed by atoms with Gasteiger partial charge in [-0.25, -0.2) is 9.97 Å². The summed E-state index contributed by atoms with van der Waals surface area (Å²) in [6.07, 6.45) is 6.37. The van der Waals surface area contributed by atoms with Crippen LogP contribution >= 0.6 is 11.3 Å². The van der Waals surface area contributed by atoms with Crippen LogP contribution in [0.5, 0.6) is 0 Å². The summed E-state index contributed by atoms with van der Waals surface area (Å²) in [5.74, 6) is 0.833. The normalized spacial score (nSPS) is 19.7. The summed E-state index contributed by atoms with van der Waals surface area (Å²) in [7, 11) is 0. The van der Waals surface area contributed by atoms with Gasteiger partial charge >= 0.3 is 0 Å². The number of aryl methyl sites for hydroxylation is 1. The first kappa shape index (κ1) is 10.9. The molecule has 0 aliphatic heterocycles. The summed E-state index contributed by atoms with van der Waals surface area (Å²) >= 11 is 1.67. The summed E-state index contributed by atoms with van der Waals surface area (Å²) in [5.41, 5.74) is 9.53. The lowest BCUT2D eigenvalue weighted by atomic mass is 10.1. The molecule has 2 N–H and O–H groups in total. The molecule has 3 rings (SSSR count). The summed E-state index contributed by atoms with van der Waals surface area (Å²) in [6.45, 7) is 0. The lowest BCUT2D eigenvalue weighted by Crippen LogP contribution is -2.12. The van der Waals surface area contributed by atoms with Gasteiger partial charge in [0.1, 0.15) is 0 Å². The lowest BCUT2D eigenvalue weighted by molar-refractivity contribution is 0.614. The molecule has 0 spiro atoms. The number of aromatic nitrogens is 2. The second-order valence-electron chi connectivity index (χ2n) is 4.46. The molecular formula is C13H15N3S. The van der Waals surface area contributed by atoms with Gasteiger partial charge in [0, 0.05) is 34.4 Å². The number of nitrogens with zero attached hydrogens (tertiary/aromatic N) is 2. The molecule has 1 atom stereocenters. The Balaban J connectivity index is 2.03. The Bertz CT molecular complexity index is 507. The van der Waals surface area contributed by atoms with Gasteiger partial charge in [0.25, 0.3) is 0 Å². The Morgan fingerprint density at radius 2 is 2.29 bits per heavy atom. The van der Waals surface area contributed by atoms with E-state index in [0.29, 0.717) is 0 Å². The maximum Gasteiger partial charge on any atom is 0.160 e. The van der Waals surface area contributed by atoms with Crippen molar-refractivity contribution in [2.45, 2.75) is 31.7 Å². The minimum Gasteiger partial charge on any atom is -0.324 e. The second kappa shape index (κ2) is 4.55. The fraction of sp³-hybridized carbons (Fsp3) is 0.385. The van der Waals surface area contributed by atoms with E-state index in [1.165, 1.54) is 12.8 Å². The van der Waals surface area contributed by atoms with Crippen molar-refractivity contribution in [3.05, 3.63) is 34.3 Å². The molecule has 0 saturated carbocycles. The average Bonchev–Trinajstić information content (AvgIpc) is 2.82. The molecule has 1 aliphatic carbocycles. The first-order valence-electron chi connectivity index (χ1n) is 5.98. The summed E-state index contributed by atoms with van der Waals surface area (Å²) < 4.78 is 0. The van der Waals surface area contributed by atoms with Gasteiger partial charge in [0.05, 0.1) is 0 Å². The Kier molecular flexibility index (Phi) is 2.91. The molecule has 0 saturated heterocycles. The van der Waals surface area contributed by atoms with Crippen LogP contribution in [0.15, 0.2) is 23.0 Å². The van der Waals surface area contributed by atoms with E-state index in [0.717, 1.165) is 35.5 Å². The van der Waals surface area contributed by atoms with Gasteiger partial charge in [-0.15, -0.1) is 0 Å². The molecule has 17 heavy (non-hydrogen) atoms. The highest BCUT2D eigenvalue weighted by Gasteiger charge is 2.17. The summed E-state index contributed by atoms with van der Waals surface area (Å²) in [5, 5.41) is 4.13. The van der Waals surface area contributed by atoms with Crippen molar-refractivity contribution in [1.29, 1.82) is 0 Å². The Morgan fingerprint density at radius 1 is 1.35 bits per heavy atom. The van der Waals surface area contributed by atoms with Crippen LogP contribution in [0.25, 0.3) is 11.4 Å². The number of hydrogen-bond acceptors (Lipinski definition) is 4. The predicted octanol–water partition coefficient (Wildman–Crippen LogP) is 2.93. The topological polar surface area (TPSA) is 51.8 Å². The highest BCUT2D eigenvalue weighted by molar-refractivity contribution is 7.08. The lowest BCUT2D eigenvalue weighted by Gasteiger charge is -2.11. The van der Waals surface area contributed by atoms with E-state index in [2.05, 4.69) is 26.8 Å². The third kappa shape index (κ3) is 2.10. The third-order valence-corrected chi connectivity index (χ3v) is 3.94. The van der Waals surface area contributed by atoms with Crippen molar-refractivity contribution in [2.24, 2.45) is 5.73 Å².